The third kappa shape index (κ3) is 5.61. The van der Waals surface area contributed by atoms with E-state index in [1.807, 2.05) is 0 Å². The number of carbonyl (C=O) groups excluding carboxylic acids is 2. The molecule has 0 N–H and O–H groups in total. The number of ether oxygens (including phenoxy) is 1. The third-order valence-electron chi connectivity index (χ3n) is 4.46. The number of alkyl halides is 3. The molecule has 0 aliphatic rings. The van der Waals surface area contributed by atoms with Gasteiger partial charge < -0.3 is 4.74 Å². The van der Waals surface area contributed by atoms with E-state index in [1.54, 1.807) is 0 Å². The molecule has 0 saturated carbocycles. The van der Waals surface area contributed by atoms with Crippen molar-refractivity contribution in [2.45, 2.75) is 6.18 Å². The van der Waals surface area contributed by atoms with Gasteiger partial charge in [0, 0.05) is 35.0 Å². The van der Waals surface area contributed by atoms with Crippen molar-refractivity contribution in [3.63, 3.8) is 0 Å². The maximum Gasteiger partial charge on any atom is 0.422 e. The van der Waals surface area contributed by atoms with Gasteiger partial charge in [0.05, 0.1) is 10.6 Å². The van der Waals surface area contributed by atoms with E-state index in [9.17, 15) is 27.2 Å². The van der Waals surface area contributed by atoms with Crippen molar-refractivity contribution < 1.29 is 31.9 Å². The number of pyridine rings is 1. The van der Waals surface area contributed by atoms with Gasteiger partial charge in [0.2, 0.25) is 0 Å². The lowest BCUT2D eigenvalue weighted by molar-refractivity contribution is -0.153. The van der Waals surface area contributed by atoms with Crippen LogP contribution >= 0.6 is 23.2 Å². The Balaban J connectivity index is 2.09. The van der Waals surface area contributed by atoms with Gasteiger partial charge in [-0.15, -0.1) is 0 Å². The van der Waals surface area contributed by atoms with Gasteiger partial charge in [0.25, 0.3) is 5.91 Å². The molecule has 0 atom stereocenters. The third-order valence-corrected chi connectivity index (χ3v) is 5.11. The van der Waals surface area contributed by atoms with Crippen LogP contribution in [0.2, 0.25) is 10.0 Å². The highest BCUT2D eigenvalue weighted by molar-refractivity contribution is 6.34. The predicted molar refractivity (Wildman–Crippen MR) is 116 cm³/mol. The number of carbonyl (C=O) groups is 2. The van der Waals surface area contributed by atoms with Gasteiger partial charge >= 0.3 is 6.18 Å². The van der Waals surface area contributed by atoms with Gasteiger partial charge in [-0.1, -0.05) is 35.3 Å². The number of anilines is 1. The fourth-order valence-corrected chi connectivity index (χ4v) is 3.38. The molecule has 0 saturated heterocycles. The first-order valence-corrected chi connectivity index (χ1v) is 9.94. The normalized spacial score (nSPS) is 11.2. The van der Waals surface area contributed by atoms with E-state index in [4.69, 9.17) is 27.9 Å². The summed E-state index contributed by atoms with van der Waals surface area (Å²) in [5.74, 6) is -2.59. The zero-order valence-electron chi connectivity index (χ0n) is 16.8. The number of hydrogen-bond donors (Lipinski definition) is 0. The Kier molecular flexibility index (Phi) is 7.24. The number of amides is 1. The maximum atomic E-state index is 14.2. The Morgan fingerprint density at radius 1 is 1.15 bits per heavy atom. The first-order chi connectivity index (χ1) is 15.5. The predicted octanol–water partition coefficient (Wildman–Crippen LogP) is 6.22. The average Bonchev–Trinajstić information content (AvgIpc) is 2.76. The molecule has 0 aliphatic heterocycles. The minimum atomic E-state index is -4.68. The molecule has 1 amide bonds. The fraction of sp³-hybridized carbons (Fsp3) is 0.136. The maximum absolute atomic E-state index is 14.2. The standard InChI is InChI=1S/C22H14Cl2F4N2O3/c1-30(21(32)19-16(24)3-2-4-17(19)25)20-18(33-11-22(26,27)28)8-13(9-29-20)14-7-12(10-31)5-6-15(14)23/h2-10H,11H2,1H3. The van der Waals surface area contributed by atoms with E-state index < -0.39 is 35.8 Å². The number of nitrogens with zero attached hydrogens (tertiary/aromatic N) is 2. The monoisotopic (exact) mass is 500 g/mol. The Hall–Kier alpha value is -3.17. The Morgan fingerprint density at radius 3 is 2.52 bits per heavy atom. The van der Waals surface area contributed by atoms with E-state index in [0.717, 1.165) is 11.0 Å². The van der Waals surface area contributed by atoms with Crippen LogP contribution in [0.3, 0.4) is 0 Å². The second-order valence-electron chi connectivity index (χ2n) is 6.77. The van der Waals surface area contributed by atoms with E-state index in [0.29, 0.717) is 11.8 Å². The highest BCUT2D eigenvalue weighted by Gasteiger charge is 2.30. The van der Waals surface area contributed by atoms with Gasteiger partial charge in [0.15, 0.2) is 18.2 Å². The van der Waals surface area contributed by atoms with Crippen LogP contribution in [-0.2, 0) is 0 Å². The highest BCUT2D eigenvalue weighted by Crippen LogP contribution is 2.36. The Labute approximate surface area is 195 Å². The lowest BCUT2D eigenvalue weighted by Crippen LogP contribution is -2.29. The molecule has 0 bridgehead atoms. The minimum absolute atomic E-state index is 0.182. The smallest absolute Gasteiger partial charge is 0.422 e. The topological polar surface area (TPSA) is 59.5 Å². The van der Waals surface area contributed by atoms with Crippen LogP contribution in [0.5, 0.6) is 5.75 Å². The van der Waals surface area contributed by atoms with Crippen LogP contribution in [0.1, 0.15) is 20.7 Å². The van der Waals surface area contributed by atoms with Gasteiger partial charge in [-0.2, -0.15) is 13.2 Å². The average molecular weight is 501 g/mol. The molecular weight excluding hydrogens is 487 g/mol. The van der Waals surface area contributed by atoms with Gasteiger partial charge in [-0.25, -0.2) is 9.37 Å². The van der Waals surface area contributed by atoms with Crippen LogP contribution in [0, 0.1) is 5.82 Å². The van der Waals surface area contributed by atoms with E-state index in [-0.39, 0.29) is 27.0 Å². The lowest BCUT2D eigenvalue weighted by atomic mass is 10.0. The fourth-order valence-electron chi connectivity index (χ4n) is 2.91. The second-order valence-corrected chi connectivity index (χ2v) is 7.58. The number of rotatable bonds is 6. The quantitative estimate of drug-likeness (QED) is 0.297. The van der Waals surface area contributed by atoms with Gasteiger partial charge in [-0.3, -0.25) is 14.5 Å². The summed E-state index contributed by atoms with van der Waals surface area (Å²) in [6.45, 7) is -1.67. The summed E-state index contributed by atoms with van der Waals surface area (Å²) < 4.78 is 57.6. The summed E-state index contributed by atoms with van der Waals surface area (Å²) in [4.78, 5) is 28.8. The molecular formula is C22H14Cl2F4N2O3. The SMILES string of the molecule is CN(C(=O)c1c(F)cccc1Cl)c1ncc(-c2cc(C=O)ccc2Cl)cc1OCC(F)(F)F. The molecule has 1 heterocycles. The van der Waals surface area contributed by atoms with Crippen LogP contribution in [0.15, 0.2) is 48.7 Å². The van der Waals surface area contributed by atoms with E-state index >= 15 is 0 Å². The summed E-state index contributed by atoms with van der Waals surface area (Å²) in [6.07, 6.45) is -2.87. The molecule has 2 aromatic carbocycles. The van der Waals surface area contributed by atoms with Crippen LogP contribution in [0.25, 0.3) is 11.1 Å². The number of hydrogen-bond acceptors (Lipinski definition) is 4. The molecule has 3 rings (SSSR count). The zero-order valence-corrected chi connectivity index (χ0v) is 18.3. The molecule has 5 nitrogen and oxygen atoms in total. The van der Waals surface area contributed by atoms with Crippen molar-refractivity contribution in [2.24, 2.45) is 0 Å². The highest BCUT2D eigenvalue weighted by atomic mass is 35.5. The summed E-state index contributed by atoms with van der Waals surface area (Å²) >= 11 is 12.1. The largest absolute Gasteiger partial charge is 0.480 e. The van der Waals surface area contributed by atoms with Crippen LogP contribution in [0.4, 0.5) is 23.4 Å². The molecule has 0 aliphatic carbocycles. The molecule has 172 valence electrons. The molecule has 0 spiro atoms. The Morgan fingerprint density at radius 2 is 1.88 bits per heavy atom. The minimum Gasteiger partial charge on any atom is -0.480 e. The zero-order chi connectivity index (χ0) is 24.3. The molecule has 0 radical (unpaired) electrons. The Bertz CT molecular complexity index is 1200. The van der Waals surface area contributed by atoms with Crippen molar-refractivity contribution >= 4 is 41.2 Å². The molecule has 11 heteroatoms. The molecule has 0 fully saturated rings. The molecule has 0 unspecified atom stereocenters. The van der Waals surface area contributed by atoms with Crippen LogP contribution in [-0.4, -0.2) is 37.0 Å². The number of benzene rings is 2. The molecule has 1 aromatic heterocycles. The molecule has 3 aromatic rings. The molecule has 33 heavy (non-hydrogen) atoms. The summed E-state index contributed by atoms with van der Waals surface area (Å²) in [6, 6.07) is 9.14. The van der Waals surface area contributed by atoms with Crippen molar-refractivity contribution in [2.75, 3.05) is 18.6 Å². The van der Waals surface area contributed by atoms with E-state index in [2.05, 4.69) is 4.98 Å². The van der Waals surface area contributed by atoms with Crippen LogP contribution < -0.4 is 9.64 Å². The summed E-state index contributed by atoms with van der Waals surface area (Å²) in [5.41, 5.74) is 0.339. The van der Waals surface area contributed by atoms with Gasteiger partial charge in [-0.05, 0) is 30.3 Å². The summed E-state index contributed by atoms with van der Waals surface area (Å²) in [7, 11) is 1.19. The number of aromatic nitrogens is 1. The lowest BCUT2D eigenvalue weighted by Gasteiger charge is -2.21. The first kappa shape index (κ1) is 24.5. The number of halogens is 6. The van der Waals surface area contributed by atoms with Crippen molar-refractivity contribution in [3.05, 3.63) is 75.7 Å². The number of aldehydes is 1. The van der Waals surface area contributed by atoms with Crippen molar-refractivity contribution in [1.82, 2.24) is 4.98 Å². The van der Waals surface area contributed by atoms with Crippen molar-refractivity contribution in [1.29, 1.82) is 0 Å². The van der Waals surface area contributed by atoms with E-state index in [1.165, 1.54) is 49.6 Å². The first-order valence-electron chi connectivity index (χ1n) is 9.18. The van der Waals surface area contributed by atoms with Crippen molar-refractivity contribution in [3.8, 4) is 16.9 Å². The summed E-state index contributed by atoms with van der Waals surface area (Å²) in [5, 5.41) is 0.0261. The van der Waals surface area contributed by atoms with Gasteiger partial charge in [0.1, 0.15) is 12.1 Å². The second kappa shape index (κ2) is 9.76.